The van der Waals surface area contributed by atoms with E-state index in [0.717, 1.165) is 0 Å². The van der Waals surface area contributed by atoms with Crippen LogP contribution in [0.4, 0.5) is 0 Å². The third-order valence-corrected chi connectivity index (χ3v) is 3.31. The third kappa shape index (κ3) is 5.09. The van der Waals surface area contributed by atoms with Crippen LogP contribution in [0.2, 0.25) is 5.02 Å². The van der Waals surface area contributed by atoms with E-state index in [-0.39, 0.29) is 25.5 Å². The Labute approximate surface area is 118 Å². The SMILES string of the molecule is CCC(C)(CO)NC(=O)CCOc1ccccc1Cl. The monoisotopic (exact) mass is 285 g/mol. The number of carbonyl (C=O) groups is 1. The van der Waals surface area contributed by atoms with E-state index in [2.05, 4.69) is 5.32 Å². The number of rotatable bonds is 7. The molecular weight excluding hydrogens is 266 g/mol. The molecular formula is C14H20ClNO3. The van der Waals surface area contributed by atoms with E-state index in [0.29, 0.717) is 17.2 Å². The summed E-state index contributed by atoms with van der Waals surface area (Å²) in [5, 5.41) is 12.5. The molecule has 0 radical (unpaired) electrons. The lowest BCUT2D eigenvalue weighted by molar-refractivity contribution is -0.123. The molecule has 1 amide bonds. The van der Waals surface area contributed by atoms with E-state index in [4.69, 9.17) is 16.3 Å². The summed E-state index contributed by atoms with van der Waals surface area (Å²) in [6.07, 6.45) is 0.890. The number of halogens is 1. The Balaban J connectivity index is 2.37. The first-order valence-electron chi connectivity index (χ1n) is 6.30. The fraction of sp³-hybridized carbons (Fsp3) is 0.500. The van der Waals surface area contributed by atoms with Crippen molar-refractivity contribution >= 4 is 17.5 Å². The normalized spacial score (nSPS) is 13.7. The molecule has 5 heteroatoms. The van der Waals surface area contributed by atoms with Crippen LogP contribution in [0.15, 0.2) is 24.3 Å². The molecule has 0 aromatic heterocycles. The fourth-order valence-corrected chi connectivity index (χ4v) is 1.64. The average molecular weight is 286 g/mol. The van der Waals surface area contributed by atoms with Crippen LogP contribution in [0.5, 0.6) is 5.75 Å². The summed E-state index contributed by atoms with van der Waals surface area (Å²) >= 11 is 5.93. The van der Waals surface area contributed by atoms with Gasteiger partial charge in [0.25, 0.3) is 0 Å². The van der Waals surface area contributed by atoms with Crippen LogP contribution in [0, 0.1) is 0 Å². The maximum Gasteiger partial charge on any atom is 0.223 e. The molecule has 1 unspecified atom stereocenters. The highest BCUT2D eigenvalue weighted by molar-refractivity contribution is 6.32. The van der Waals surface area contributed by atoms with Crippen molar-refractivity contribution in [3.8, 4) is 5.75 Å². The standard InChI is InChI=1S/C14H20ClNO3/c1-3-14(2,10-17)16-13(18)8-9-19-12-7-5-4-6-11(12)15/h4-7,17H,3,8-10H2,1-2H3,(H,16,18). The van der Waals surface area contributed by atoms with Crippen LogP contribution in [0.1, 0.15) is 26.7 Å². The Bertz CT molecular complexity index is 419. The van der Waals surface area contributed by atoms with Crippen LogP contribution in [0.3, 0.4) is 0 Å². The van der Waals surface area contributed by atoms with E-state index >= 15 is 0 Å². The summed E-state index contributed by atoms with van der Waals surface area (Å²) in [5.41, 5.74) is -0.568. The molecule has 19 heavy (non-hydrogen) atoms. The highest BCUT2D eigenvalue weighted by Crippen LogP contribution is 2.23. The molecule has 0 bridgehead atoms. The zero-order valence-corrected chi connectivity index (χ0v) is 12.0. The molecule has 0 fully saturated rings. The number of carbonyl (C=O) groups excluding carboxylic acids is 1. The maximum absolute atomic E-state index is 11.7. The van der Waals surface area contributed by atoms with Gasteiger partial charge in [0.2, 0.25) is 5.91 Å². The number of benzene rings is 1. The number of ether oxygens (including phenoxy) is 1. The van der Waals surface area contributed by atoms with E-state index in [1.807, 2.05) is 19.1 Å². The van der Waals surface area contributed by atoms with E-state index in [9.17, 15) is 9.90 Å². The molecule has 0 spiro atoms. The van der Waals surface area contributed by atoms with Crippen molar-refractivity contribution in [2.75, 3.05) is 13.2 Å². The molecule has 0 saturated carbocycles. The first-order chi connectivity index (χ1) is 9.00. The van der Waals surface area contributed by atoms with Crippen molar-refractivity contribution < 1.29 is 14.6 Å². The molecule has 0 saturated heterocycles. The first-order valence-corrected chi connectivity index (χ1v) is 6.68. The Morgan fingerprint density at radius 2 is 2.16 bits per heavy atom. The second-order valence-corrected chi connectivity index (χ2v) is 5.06. The number of aliphatic hydroxyl groups excluding tert-OH is 1. The molecule has 1 atom stereocenters. The lowest BCUT2D eigenvalue weighted by Gasteiger charge is -2.27. The van der Waals surface area contributed by atoms with Gasteiger partial charge >= 0.3 is 0 Å². The molecule has 0 heterocycles. The summed E-state index contributed by atoms with van der Waals surface area (Å²) in [6.45, 7) is 3.89. The predicted octanol–water partition coefficient (Wildman–Crippen LogP) is 2.39. The van der Waals surface area contributed by atoms with Crippen molar-refractivity contribution in [2.24, 2.45) is 0 Å². The Hall–Kier alpha value is -1.26. The van der Waals surface area contributed by atoms with Gasteiger partial charge in [0.05, 0.1) is 30.2 Å². The van der Waals surface area contributed by atoms with Gasteiger partial charge in [-0.25, -0.2) is 0 Å². The molecule has 1 rings (SSSR count). The summed E-state index contributed by atoms with van der Waals surface area (Å²) in [7, 11) is 0. The number of nitrogens with one attached hydrogen (secondary N) is 1. The van der Waals surface area contributed by atoms with Gasteiger partial charge in [0.15, 0.2) is 0 Å². The molecule has 0 aliphatic heterocycles. The van der Waals surface area contributed by atoms with Gasteiger partial charge in [0, 0.05) is 0 Å². The van der Waals surface area contributed by atoms with Crippen molar-refractivity contribution in [1.82, 2.24) is 5.32 Å². The van der Waals surface area contributed by atoms with Gasteiger partial charge in [-0.3, -0.25) is 4.79 Å². The molecule has 1 aromatic rings. The molecule has 0 aliphatic rings. The number of hydrogen-bond donors (Lipinski definition) is 2. The second-order valence-electron chi connectivity index (χ2n) is 4.65. The molecule has 1 aromatic carbocycles. The third-order valence-electron chi connectivity index (χ3n) is 2.99. The van der Waals surface area contributed by atoms with Crippen molar-refractivity contribution in [2.45, 2.75) is 32.2 Å². The largest absolute Gasteiger partial charge is 0.491 e. The molecule has 0 aliphatic carbocycles. The highest BCUT2D eigenvalue weighted by Gasteiger charge is 2.22. The van der Waals surface area contributed by atoms with E-state index < -0.39 is 5.54 Å². The summed E-state index contributed by atoms with van der Waals surface area (Å²) in [5.74, 6) is 0.419. The van der Waals surface area contributed by atoms with Gasteiger partial charge in [-0.15, -0.1) is 0 Å². The van der Waals surface area contributed by atoms with Crippen LogP contribution < -0.4 is 10.1 Å². The quantitative estimate of drug-likeness (QED) is 0.809. The predicted molar refractivity (Wildman–Crippen MR) is 75.5 cm³/mol. The summed E-state index contributed by atoms with van der Waals surface area (Å²) in [4.78, 5) is 11.7. The Kier molecular flexibility index (Phi) is 6.12. The zero-order chi connectivity index (χ0) is 14.3. The number of aliphatic hydroxyl groups is 1. The van der Waals surface area contributed by atoms with Crippen LogP contribution in [-0.2, 0) is 4.79 Å². The highest BCUT2D eigenvalue weighted by atomic mass is 35.5. The van der Waals surface area contributed by atoms with E-state index in [1.165, 1.54) is 0 Å². The Morgan fingerprint density at radius 3 is 2.74 bits per heavy atom. The topological polar surface area (TPSA) is 58.6 Å². The molecule has 2 N–H and O–H groups in total. The Morgan fingerprint density at radius 1 is 1.47 bits per heavy atom. The van der Waals surface area contributed by atoms with Gasteiger partial charge in [0.1, 0.15) is 5.75 Å². The van der Waals surface area contributed by atoms with Gasteiger partial charge < -0.3 is 15.2 Å². The molecule has 106 valence electrons. The van der Waals surface area contributed by atoms with Crippen LogP contribution in [0.25, 0.3) is 0 Å². The minimum absolute atomic E-state index is 0.0827. The minimum atomic E-state index is -0.568. The van der Waals surface area contributed by atoms with Gasteiger partial charge in [-0.1, -0.05) is 30.7 Å². The van der Waals surface area contributed by atoms with Crippen molar-refractivity contribution in [3.63, 3.8) is 0 Å². The zero-order valence-electron chi connectivity index (χ0n) is 11.3. The average Bonchev–Trinajstić information content (AvgIpc) is 2.41. The molecule has 4 nitrogen and oxygen atoms in total. The number of para-hydroxylation sites is 1. The number of amides is 1. The van der Waals surface area contributed by atoms with Crippen LogP contribution >= 0.6 is 11.6 Å². The lowest BCUT2D eigenvalue weighted by Crippen LogP contribution is -2.48. The van der Waals surface area contributed by atoms with Crippen molar-refractivity contribution in [3.05, 3.63) is 29.3 Å². The minimum Gasteiger partial charge on any atom is -0.491 e. The lowest BCUT2D eigenvalue weighted by atomic mass is 10.0. The maximum atomic E-state index is 11.7. The second kappa shape index (κ2) is 7.36. The first kappa shape index (κ1) is 15.8. The smallest absolute Gasteiger partial charge is 0.223 e. The number of hydrogen-bond acceptors (Lipinski definition) is 3. The summed E-state index contributed by atoms with van der Waals surface area (Å²) < 4.78 is 5.43. The van der Waals surface area contributed by atoms with Gasteiger partial charge in [-0.05, 0) is 25.5 Å². The fourth-order valence-electron chi connectivity index (χ4n) is 1.45. The van der Waals surface area contributed by atoms with Gasteiger partial charge in [-0.2, -0.15) is 0 Å². The summed E-state index contributed by atoms with van der Waals surface area (Å²) in [6, 6.07) is 7.12. The van der Waals surface area contributed by atoms with Crippen LogP contribution in [-0.4, -0.2) is 29.8 Å². The van der Waals surface area contributed by atoms with Crippen molar-refractivity contribution in [1.29, 1.82) is 0 Å². The van der Waals surface area contributed by atoms with E-state index in [1.54, 1.807) is 19.1 Å².